The van der Waals surface area contributed by atoms with Crippen molar-refractivity contribution in [1.29, 1.82) is 0 Å². The summed E-state index contributed by atoms with van der Waals surface area (Å²) in [5, 5.41) is 2.78. The maximum atomic E-state index is 11.3. The van der Waals surface area contributed by atoms with Crippen LogP contribution in [0.15, 0.2) is 24.3 Å². The van der Waals surface area contributed by atoms with Crippen molar-refractivity contribution in [3.05, 3.63) is 24.3 Å². The van der Waals surface area contributed by atoms with Crippen molar-refractivity contribution >= 4 is 6.09 Å². The van der Waals surface area contributed by atoms with Gasteiger partial charge < -0.3 is 24.4 Å². The number of hydrogen-bond acceptors (Lipinski definition) is 6. The van der Waals surface area contributed by atoms with Gasteiger partial charge in [-0.15, -0.1) is 0 Å². The van der Waals surface area contributed by atoms with Crippen LogP contribution in [0.25, 0.3) is 0 Å². The Labute approximate surface area is 161 Å². The molecule has 1 aromatic rings. The number of nitrogens with zero attached hydrogens (tertiary/aromatic N) is 2. The lowest BCUT2D eigenvalue weighted by Gasteiger charge is -2.38. The zero-order chi connectivity index (χ0) is 19.1. The number of carbonyl (C=O) groups excluding carboxylic acids is 1. The minimum absolute atomic E-state index is 0.0861. The van der Waals surface area contributed by atoms with Gasteiger partial charge in [0.15, 0.2) is 11.5 Å². The van der Waals surface area contributed by atoms with Crippen LogP contribution in [0.3, 0.4) is 0 Å². The molecule has 7 nitrogen and oxygen atoms in total. The summed E-state index contributed by atoms with van der Waals surface area (Å²) in [5.74, 6) is 1.68. The number of amides is 1. The van der Waals surface area contributed by atoms with E-state index >= 15 is 0 Å². The summed E-state index contributed by atoms with van der Waals surface area (Å²) in [6.07, 6.45) is 2.00. The van der Waals surface area contributed by atoms with Gasteiger partial charge in [0.2, 0.25) is 0 Å². The highest BCUT2D eigenvalue weighted by atomic mass is 16.6. The number of benzene rings is 1. The summed E-state index contributed by atoms with van der Waals surface area (Å²) in [5.41, 5.74) is 0. The van der Waals surface area contributed by atoms with E-state index in [4.69, 9.17) is 14.2 Å². The van der Waals surface area contributed by atoms with E-state index in [1.54, 1.807) is 0 Å². The summed E-state index contributed by atoms with van der Waals surface area (Å²) in [6.45, 7) is 7.28. The molecule has 1 amide bonds. The van der Waals surface area contributed by atoms with Crippen LogP contribution in [0.1, 0.15) is 19.8 Å². The third-order valence-corrected chi connectivity index (χ3v) is 5.22. The Kier molecular flexibility index (Phi) is 7.18. The second kappa shape index (κ2) is 9.80. The largest absolute Gasteiger partial charge is 0.486 e. The summed E-state index contributed by atoms with van der Waals surface area (Å²) in [4.78, 5) is 16.1. The molecule has 2 heterocycles. The standard InChI is InChI=1S/C20H31N3O4/c1-3-25-20(24)21-10-13-22(2)16-8-11-23(12-9-16)14-17-15-26-18-6-4-5-7-19(18)27-17/h4-7,16-17H,3,8-15H2,1-2H3,(H,21,24). The minimum atomic E-state index is -0.336. The van der Waals surface area contributed by atoms with E-state index in [2.05, 4.69) is 22.2 Å². The molecule has 1 aromatic carbocycles. The van der Waals surface area contributed by atoms with Gasteiger partial charge in [0.05, 0.1) is 6.61 Å². The van der Waals surface area contributed by atoms with Gasteiger partial charge in [-0.2, -0.15) is 0 Å². The molecule has 0 saturated carbocycles. The first-order valence-electron chi connectivity index (χ1n) is 9.87. The monoisotopic (exact) mass is 377 g/mol. The number of rotatable bonds is 7. The Morgan fingerprint density at radius 3 is 2.78 bits per heavy atom. The molecule has 2 aliphatic rings. The molecule has 0 radical (unpaired) electrons. The van der Waals surface area contributed by atoms with Gasteiger partial charge in [-0.1, -0.05) is 12.1 Å². The maximum Gasteiger partial charge on any atom is 0.407 e. The van der Waals surface area contributed by atoms with Crippen LogP contribution in [0.4, 0.5) is 4.79 Å². The molecule has 1 unspecified atom stereocenters. The van der Waals surface area contributed by atoms with E-state index in [1.165, 1.54) is 0 Å². The van der Waals surface area contributed by atoms with Crippen LogP contribution in [0.2, 0.25) is 0 Å². The lowest BCUT2D eigenvalue weighted by molar-refractivity contribution is 0.0421. The van der Waals surface area contributed by atoms with Crippen molar-refractivity contribution in [2.45, 2.75) is 31.9 Å². The molecule has 27 heavy (non-hydrogen) atoms. The average molecular weight is 377 g/mol. The zero-order valence-corrected chi connectivity index (χ0v) is 16.4. The molecule has 0 spiro atoms. The smallest absolute Gasteiger partial charge is 0.407 e. The lowest BCUT2D eigenvalue weighted by atomic mass is 10.0. The van der Waals surface area contributed by atoms with Crippen molar-refractivity contribution in [2.24, 2.45) is 0 Å². The maximum absolute atomic E-state index is 11.3. The molecule has 1 fully saturated rings. The third-order valence-electron chi connectivity index (χ3n) is 5.22. The number of piperidine rings is 1. The zero-order valence-electron chi connectivity index (χ0n) is 16.4. The van der Waals surface area contributed by atoms with Crippen molar-refractivity contribution in [2.75, 3.05) is 53.0 Å². The number of ether oxygens (including phenoxy) is 3. The second-order valence-corrected chi connectivity index (χ2v) is 7.16. The van der Waals surface area contributed by atoms with Gasteiger partial charge in [-0.25, -0.2) is 4.79 Å². The average Bonchev–Trinajstić information content (AvgIpc) is 2.68. The van der Waals surface area contributed by atoms with Crippen LogP contribution < -0.4 is 14.8 Å². The fourth-order valence-corrected chi connectivity index (χ4v) is 3.68. The van der Waals surface area contributed by atoms with E-state index in [0.717, 1.165) is 50.5 Å². The number of hydrogen-bond donors (Lipinski definition) is 1. The topological polar surface area (TPSA) is 63.3 Å². The van der Waals surface area contributed by atoms with Crippen LogP contribution in [-0.4, -0.2) is 81.0 Å². The number of alkyl carbamates (subject to hydrolysis) is 1. The van der Waals surface area contributed by atoms with Crippen molar-refractivity contribution < 1.29 is 19.0 Å². The predicted octanol–water partition coefficient (Wildman–Crippen LogP) is 1.97. The molecule has 150 valence electrons. The molecule has 2 aliphatic heterocycles. The Morgan fingerprint density at radius 1 is 1.30 bits per heavy atom. The fourth-order valence-electron chi connectivity index (χ4n) is 3.68. The summed E-state index contributed by atoms with van der Waals surface area (Å²) >= 11 is 0. The number of likely N-dealkylation sites (N-methyl/N-ethyl adjacent to an activating group) is 1. The molecule has 0 bridgehead atoms. The number of nitrogens with one attached hydrogen (secondary N) is 1. The molecule has 1 N–H and O–H groups in total. The first kappa shape index (κ1) is 19.8. The molecule has 1 atom stereocenters. The molecular weight excluding hydrogens is 346 g/mol. The molecule has 0 aromatic heterocycles. The normalized spacial score (nSPS) is 20.5. The molecule has 1 saturated heterocycles. The van der Waals surface area contributed by atoms with E-state index in [-0.39, 0.29) is 12.2 Å². The Bertz CT molecular complexity index is 605. The highest BCUT2D eigenvalue weighted by Crippen LogP contribution is 2.31. The first-order valence-corrected chi connectivity index (χ1v) is 9.87. The van der Waals surface area contributed by atoms with E-state index in [1.807, 2.05) is 31.2 Å². The summed E-state index contributed by atoms with van der Waals surface area (Å²) in [7, 11) is 2.13. The van der Waals surface area contributed by atoms with Gasteiger partial charge >= 0.3 is 6.09 Å². The molecule has 7 heteroatoms. The molecule has 3 rings (SSSR count). The Hall–Kier alpha value is -1.99. The SMILES string of the molecule is CCOC(=O)NCCN(C)C1CCN(CC2COc3ccccc3O2)CC1. The fraction of sp³-hybridized carbons (Fsp3) is 0.650. The van der Waals surface area contributed by atoms with Gasteiger partial charge in [0.1, 0.15) is 12.7 Å². The van der Waals surface area contributed by atoms with Crippen molar-refractivity contribution in [3.63, 3.8) is 0 Å². The lowest BCUT2D eigenvalue weighted by Crippen LogP contribution is -2.49. The highest BCUT2D eigenvalue weighted by molar-refractivity contribution is 5.66. The number of para-hydroxylation sites is 2. The second-order valence-electron chi connectivity index (χ2n) is 7.16. The van der Waals surface area contributed by atoms with Gasteiger partial charge in [-0.05, 0) is 52.0 Å². The molecular formula is C20H31N3O4. The van der Waals surface area contributed by atoms with Gasteiger partial charge in [0, 0.05) is 25.7 Å². The number of likely N-dealkylation sites (tertiary alicyclic amines) is 1. The summed E-state index contributed by atoms with van der Waals surface area (Å²) < 4.78 is 16.8. The van der Waals surface area contributed by atoms with Gasteiger partial charge in [-0.3, -0.25) is 4.90 Å². The highest BCUT2D eigenvalue weighted by Gasteiger charge is 2.27. The Balaban J connectivity index is 1.35. The molecule has 0 aliphatic carbocycles. The minimum Gasteiger partial charge on any atom is -0.486 e. The van der Waals surface area contributed by atoms with E-state index < -0.39 is 0 Å². The van der Waals surface area contributed by atoms with E-state index in [9.17, 15) is 4.79 Å². The number of fused-ring (bicyclic) bond motifs is 1. The summed E-state index contributed by atoms with van der Waals surface area (Å²) in [6, 6.07) is 8.40. The van der Waals surface area contributed by atoms with Crippen LogP contribution >= 0.6 is 0 Å². The van der Waals surface area contributed by atoms with Crippen molar-refractivity contribution in [1.82, 2.24) is 15.1 Å². The Morgan fingerprint density at radius 2 is 2.04 bits per heavy atom. The quantitative estimate of drug-likeness (QED) is 0.784. The number of carbonyl (C=O) groups is 1. The first-order chi connectivity index (χ1) is 13.2. The van der Waals surface area contributed by atoms with Crippen LogP contribution in [0, 0.1) is 0 Å². The van der Waals surface area contributed by atoms with Crippen LogP contribution in [0.5, 0.6) is 11.5 Å². The predicted molar refractivity (Wildman–Crippen MR) is 103 cm³/mol. The van der Waals surface area contributed by atoms with Crippen molar-refractivity contribution in [3.8, 4) is 11.5 Å². The van der Waals surface area contributed by atoms with Gasteiger partial charge in [0.25, 0.3) is 0 Å². The third kappa shape index (κ3) is 5.74. The van der Waals surface area contributed by atoms with E-state index in [0.29, 0.717) is 25.8 Å². The van der Waals surface area contributed by atoms with Crippen LogP contribution in [-0.2, 0) is 4.74 Å².